The molecule has 1 atom stereocenters. The van der Waals surface area contributed by atoms with E-state index in [4.69, 9.17) is 23.2 Å². The summed E-state index contributed by atoms with van der Waals surface area (Å²) in [5, 5.41) is 2.52. The highest BCUT2D eigenvalue weighted by atomic mass is 35.5. The lowest BCUT2D eigenvalue weighted by Gasteiger charge is -2.25. The second kappa shape index (κ2) is 11.9. The average Bonchev–Trinajstić information content (AvgIpc) is 2.89. The highest BCUT2D eigenvalue weighted by Gasteiger charge is 2.46. The minimum Gasteiger partial charge on any atom is -0.325 e. The molecule has 0 heterocycles. The third-order valence-corrected chi connectivity index (χ3v) is 10.1. The predicted molar refractivity (Wildman–Crippen MR) is 147 cm³/mol. The van der Waals surface area contributed by atoms with Gasteiger partial charge in [-0.2, -0.15) is 8.78 Å². The Bertz CT molecular complexity index is 1550. The zero-order valence-corrected chi connectivity index (χ0v) is 24.2. The van der Waals surface area contributed by atoms with E-state index >= 15 is 0 Å². The minimum atomic E-state index is -3.94. The van der Waals surface area contributed by atoms with Gasteiger partial charge < -0.3 is 10.1 Å². The van der Waals surface area contributed by atoms with Crippen LogP contribution < -0.4 is 5.32 Å². The van der Waals surface area contributed by atoms with Gasteiger partial charge in [0.2, 0.25) is 5.91 Å². The van der Waals surface area contributed by atoms with Crippen LogP contribution >= 0.6 is 23.2 Å². The van der Waals surface area contributed by atoms with E-state index in [0.29, 0.717) is 11.1 Å². The molecule has 0 spiro atoms. The molecule has 1 N–H and O–H groups in total. The Labute approximate surface area is 235 Å². The Hall–Kier alpha value is -2.57. The number of carbonyl (C=O) groups is 1. The predicted octanol–water partition coefficient (Wildman–Crippen LogP) is 6.21. The quantitative estimate of drug-likeness (QED) is 0.289. The lowest BCUT2D eigenvalue weighted by Crippen LogP contribution is -2.37. The van der Waals surface area contributed by atoms with Crippen LogP contribution in [0.25, 0.3) is 11.1 Å². The first-order chi connectivity index (χ1) is 18.2. The number of sulfone groups is 2. The second-order valence-corrected chi connectivity index (χ2v) is 13.8. The fourth-order valence-corrected chi connectivity index (χ4v) is 6.25. The minimum absolute atomic E-state index is 0.0195. The zero-order chi connectivity index (χ0) is 29.2. The fourth-order valence-electron chi connectivity index (χ4n) is 3.78. The number of halogens is 4. The van der Waals surface area contributed by atoms with Gasteiger partial charge in [-0.15, -0.1) is 0 Å². The summed E-state index contributed by atoms with van der Waals surface area (Å²) in [4.78, 5) is 13.1. The van der Waals surface area contributed by atoms with Gasteiger partial charge in [0.15, 0.2) is 25.6 Å². The van der Waals surface area contributed by atoms with Crippen molar-refractivity contribution >= 4 is 54.5 Å². The van der Waals surface area contributed by atoms with Gasteiger partial charge in [0.05, 0.1) is 31.3 Å². The summed E-state index contributed by atoms with van der Waals surface area (Å²) in [7, 11) is -6.24. The number of methoxy groups -OCH3 is 1. The molecule has 39 heavy (non-hydrogen) atoms. The molecule has 1 unspecified atom stereocenters. The Balaban J connectivity index is 1.94. The first-order valence-electron chi connectivity index (χ1n) is 11.6. The number of hydrogen-bond acceptors (Lipinski definition) is 6. The van der Waals surface area contributed by atoms with Crippen LogP contribution in [0.5, 0.6) is 0 Å². The van der Waals surface area contributed by atoms with Crippen LogP contribution in [0.1, 0.15) is 25.3 Å². The number of rotatable bonds is 10. The molecular formula is C26H25Cl2F2NO6S2. The Kier molecular flexibility index (Phi) is 9.44. The number of ether oxygens (including phenoxy) is 1. The Morgan fingerprint density at radius 3 is 1.72 bits per heavy atom. The molecule has 0 aliphatic carbocycles. The van der Waals surface area contributed by atoms with Crippen molar-refractivity contribution in [2.24, 2.45) is 0 Å². The summed E-state index contributed by atoms with van der Waals surface area (Å²) < 4.78 is 82.1. The maximum absolute atomic E-state index is 14.7. The van der Waals surface area contributed by atoms with E-state index in [2.05, 4.69) is 10.1 Å². The fraction of sp³-hybridized carbons (Fsp3) is 0.269. The zero-order valence-electron chi connectivity index (χ0n) is 21.0. The summed E-state index contributed by atoms with van der Waals surface area (Å²) >= 11 is 12.8. The molecule has 0 aromatic heterocycles. The number of alkyl halides is 2. The number of amides is 1. The van der Waals surface area contributed by atoms with Crippen molar-refractivity contribution in [2.75, 3.05) is 23.9 Å². The van der Waals surface area contributed by atoms with Gasteiger partial charge in [0, 0.05) is 18.4 Å². The van der Waals surface area contributed by atoms with Gasteiger partial charge in [-0.1, -0.05) is 61.3 Å². The lowest BCUT2D eigenvalue weighted by molar-refractivity contribution is -0.234. The highest BCUT2D eigenvalue weighted by Crippen LogP contribution is 2.39. The molecule has 7 nitrogen and oxygen atoms in total. The SMILES string of the molecule is CCS(=O)(=O)c1ccc(-c2c(Cl)cc(NC(=O)C(c3ccc(S(=O)(=O)CC)cc3)C(F)(F)OC)cc2Cl)cc1. The molecule has 0 fully saturated rings. The van der Waals surface area contributed by atoms with Crippen molar-refractivity contribution < 1.29 is 35.1 Å². The van der Waals surface area contributed by atoms with Crippen molar-refractivity contribution in [1.29, 1.82) is 0 Å². The summed E-state index contributed by atoms with van der Waals surface area (Å²) in [5.41, 5.74) is 0.698. The summed E-state index contributed by atoms with van der Waals surface area (Å²) in [6, 6.07) is 13.1. The maximum Gasteiger partial charge on any atom is 0.371 e. The molecule has 1 amide bonds. The Morgan fingerprint density at radius 1 is 0.872 bits per heavy atom. The molecule has 0 saturated carbocycles. The first-order valence-corrected chi connectivity index (χ1v) is 15.6. The van der Waals surface area contributed by atoms with E-state index in [1.54, 1.807) is 0 Å². The third-order valence-electron chi connectivity index (χ3n) is 6.01. The number of carbonyl (C=O) groups excluding carboxylic acids is 1. The maximum atomic E-state index is 14.7. The molecule has 0 saturated heterocycles. The monoisotopic (exact) mass is 619 g/mol. The van der Waals surface area contributed by atoms with E-state index < -0.39 is 37.6 Å². The van der Waals surface area contributed by atoms with Crippen LogP contribution in [-0.2, 0) is 29.2 Å². The number of nitrogens with one attached hydrogen (secondary N) is 1. The lowest BCUT2D eigenvalue weighted by atomic mass is 9.96. The van der Waals surface area contributed by atoms with Gasteiger partial charge >= 0.3 is 6.11 Å². The summed E-state index contributed by atoms with van der Waals surface area (Å²) in [5.74, 6) is -3.52. The number of benzene rings is 3. The highest BCUT2D eigenvalue weighted by molar-refractivity contribution is 7.91. The molecule has 0 aliphatic heterocycles. The van der Waals surface area contributed by atoms with E-state index in [1.807, 2.05) is 0 Å². The van der Waals surface area contributed by atoms with E-state index in [0.717, 1.165) is 31.4 Å². The smallest absolute Gasteiger partial charge is 0.325 e. The van der Waals surface area contributed by atoms with Gasteiger partial charge in [-0.05, 0) is 47.5 Å². The number of anilines is 1. The molecule has 13 heteroatoms. The number of hydrogen-bond donors (Lipinski definition) is 1. The molecule has 210 valence electrons. The van der Waals surface area contributed by atoms with Crippen molar-refractivity contribution in [3.8, 4) is 11.1 Å². The molecule has 0 radical (unpaired) electrons. The van der Waals surface area contributed by atoms with Crippen LogP contribution in [0.4, 0.5) is 14.5 Å². The molecule has 3 aromatic rings. The van der Waals surface area contributed by atoms with Crippen LogP contribution in [0, 0.1) is 0 Å². The van der Waals surface area contributed by atoms with E-state index in [9.17, 15) is 30.4 Å². The molecule has 0 aliphatic rings. The van der Waals surface area contributed by atoms with Crippen molar-refractivity contribution in [1.82, 2.24) is 0 Å². The van der Waals surface area contributed by atoms with Gasteiger partial charge in [0.25, 0.3) is 0 Å². The molecule has 0 bridgehead atoms. The molecule has 3 rings (SSSR count). The van der Waals surface area contributed by atoms with E-state index in [-0.39, 0.29) is 42.6 Å². The van der Waals surface area contributed by atoms with Crippen LogP contribution in [0.3, 0.4) is 0 Å². The van der Waals surface area contributed by atoms with Crippen molar-refractivity contribution in [3.63, 3.8) is 0 Å². The molecule has 3 aromatic carbocycles. The van der Waals surface area contributed by atoms with Gasteiger partial charge in [-0.25, -0.2) is 16.8 Å². The van der Waals surface area contributed by atoms with Crippen LogP contribution in [0.15, 0.2) is 70.5 Å². The van der Waals surface area contributed by atoms with Crippen molar-refractivity contribution in [2.45, 2.75) is 35.7 Å². The topological polar surface area (TPSA) is 107 Å². The molecular weight excluding hydrogens is 595 g/mol. The van der Waals surface area contributed by atoms with E-state index in [1.165, 1.54) is 50.2 Å². The van der Waals surface area contributed by atoms with Gasteiger partial charge in [-0.3, -0.25) is 4.79 Å². The second-order valence-electron chi connectivity index (χ2n) is 8.40. The van der Waals surface area contributed by atoms with Gasteiger partial charge in [0.1, 0.15) is 0 Å². The Morgan fingerprint density at radius 2 is 1.31 bits per heavy atom. The third kappa shape index (κ3) is 6.78. The largest absolute Gasteiger partial charge is 0.371 e. The average molecular weight is 621 g/mol. The first kappa shape index (κ1) is 31.0. The van der Waals surface area contributed by atoms with Crippen LogP contribution in [0.2, 0.25) is 10.0 Å². The standard InChI is InChI=1S/C26H25Cl2F2NO6S2/c1-4-38(33,34)19-10-6-16(7-11-19)23-21(27)14-18(15-22(23)28)31-25(32)24(26(29,30)37-3)17-8-12-20(13-9-17)39(35,36)5-2/h6-15,24H,4-5H2,1-3H3,(H,31,32). The normalized spacial score (nSPS) is 13.2. The van der Waals surface area contributed by atoms with Crippen molar-refractivity contribution in [3.05, 3.63) is 76.3 Å². The summed E-state index contributed by atoms with van der Waals surface area (Å²) in [6.45, 7) is 2.98. The van der Waals surface area contributed by atoms with Crippen LogP contribution in [-0.4, -0.2) is 47.5 Å². The summed E-state index contributed by atoms with van der Waals surface area (Å²) in [6.07, 6.45) is -3.94.